The maximum absolute atomic E-state index is 2.53. The molecule has 1 heteroatoms. The van der Waals surface area contributed by atoms with Gasteiger partial charge in [0.15, 0.2) is 0 Å². The fourth-order valence-electron chi connectivity index (χ4n) is 2.87. The predicted octanol–water partition coefficient (Wildman–Crippen LogP) is 5.35. The lowest BCUT2D eigenvalue weighted by molar-refractivity contribution is -0.0255. The van der Waals surface area contributed by atoms with Gasteiger partial charge in [0.1, 0.15) is 0 Å². The van der Waals surface area contributed by atoms with Gasteiger partial charge in [0.25, 0.3) is 0 Å². The molecule has 0 amide bonds. The van der Waals surface area contributed by atoms with E-state index in [-0.39, 0.29) is 7.43 Å². The van der Waals surface area contributed by atoms with Crippen LogP contribution in [0, 0.1) is 5.92 Å². The predicted molar refractivity (Wildman–Crippen MR) is 81.6 cm³/mol. The average Bonchev–Trinajstić information content (AvgIpc) is 2.13. The van der Waals surface area contributed by atoms with E-state index in [9.17, 15) is 0 Å². The number of unbranched alkanes of at least 4 members (excludes halogenated alkanes) is 1. The molecule has 1 aliphatic heterocycles. The molecule has 1 aliphatic rings. The Morgan fingerprint density at radius 3 is 1.47 bits per heavy atom. The number of likely N-dealkylation sites (tertiary alicyclic amines) is 1. The summed E-state index contributed by atoms with van der Waals surface area (Å²) in [6.07, 6.45) is 5.29. The van der Waals surface area contributed by atoms with Crippen molar-refractivity contribution >= 4 is 0 Å². The minimum atomic E-state index is 0. The van der Waals surface area contributed by atoms with Gasteiger partial charge in [-0.3, -0.25) is 4.90 Å². The second-order valence-corrected chi connectivity index (χ2v) is 6.70. The fraction of sp³-hybridized carbons (Fsp3) is 1.00. The minimum Gasteiger partial charge on any atom is -0.296 e. The van der Waals surface area contributed by atoms with Crippen LogP contribution >= 0.6 is 0 Å². The summed E-state index contributed by atoms with van der Waals surface area (Å²) in [5, 5.41) is 0. The van der Waals surface area contributed by atoms with Crippen LogP contribution in [0.25, 0.3) is 0 Å². The van der Waals surface area contributed by atoms with Crippen LogP contribution in [0.4, 0.5) is 0 Å². The zero-order valence-electron chi connectivity index (χ0n) is 12.9. The van der Waals surface area contributed by atoms with Gasteiger partial charge in [-0.25, -0.2) is 0 Å². The van der Waals surface area contributed by atoms with E-state index >= 15 is 0 Å². The van der Waals surface area contributed by atoms with E-state index in [1.54, 1.807) is 0 Å². The van der Waals surface area contributed by atoms with E-state index in [0.717, 1.165) is 5.92 Å². The quantitative estimate of drug-likeness (QED) is 0.600. The van der Waals surface area contributed by atoms with Crippen LogP contribution in [0.2, 0.25) is 0 Å². The lowest BCUT2D eigenvalue weighted by Gasteiger charge is -2.53. The molecule has 1 nitrogen and oxygen atoms in total. The van der Waals surface area contributed by atoms with E-state index in [4.69, 9.17) is 0 Å². The molecule has 0 aromatic heterocycles. The van der Waals surface area contributed by atoms with Gasteiger partial charge < -0.3 is 0 Å². The second kappa shape index (κ2) is 7.41. The summed E-state index contributed by atoms with van der Waals surface area (Å²) in [5.41, 5.74) is 0.752. The maximum atomic E-state index is 2.53. The van der Waals surface area contributed by atoms with Gasteiger partial charge in [0.05, 0.1) is 0 Å². The Balaban J connectivity index is 0. The lowest BCUT2D eigenvalue weighted by Crippen LogP contribution is -2.58. The van der Waals surface area contributed by atoms with E-state index in [1.165, 1.54) is 25.7 Å². The minimum absolute atomic E-state index is 0. The fourth-order valence-corrected chi connectivity index (χ4v) is 2.87. The van der Waals surface area contributed by atoms with Crippen molar-refractivity contribution < 1.29 is 0 Å². The van der Waals surface area contributed by atoms with Crippen molar-refractivity contribution in [1.82, 2.24) is 4.90 Å². The molecule has 1 fully saturated rings. The Morgan fingerprint density at radius 1 is 0.941 bits per heavy atom. The van der Waals surface area contributed by atoms with Gasteiger partial charge in [-0.2, -0.15) is 0 Å². The molecule has 0 unspecified atom stereocenters. The summed E-state index contributed by atoms with van der Waals surface area (Å²) in [7, 11) is 2.26. The summed E-state index contributed by atoms with van der Waals surface area (Å²) in [6, 6.07) is 0. The third kappa shape index (κ3) is 5.90. The smallest absolute Gasteiger partial charge is 0.0158 e. The molecule has 1 rings (SSSR count). The van der Waals surface area contributed by atoms with Crippen LogP contribution in [-0.2, 0) is 0 Å². The van der Waals surface area contributed by atoms with Gasteiger partial charge >= 0.3 is 0 Å². The average molecular weight is 243 g/mol. The highest BCUT2D eigenvalue weighted by molar-refractivity contribution is 4.96. The normalized spacial score (nSPS) is 23.3. The Labute approximate surface area is 111 Å². The van der Waals surface area contributed by atoms with Crippen LogP contribution in [0.5, 0.6) is 0 Å². The number of rotatable bonds is 1. The van der Waals surface area contributed by atoms with Gasteiger partial charge in [-0.05, 0) is 53.5 Å². The Morgan fingerprint density at radius 2 is 1.24 bits per heavy atom. The number of nitrogens with zero attached hydrogens (tertiary/aromatic N) is 1. The molecular formula is C16H37N. The number of hydrogen-bond donors (Lipinski definition) is 0. The third-order valence-corrected chi connectivity index (χ3v) is 4.01. The molecule has 0 N–H and O–H groups in total. The molecule has 0 spiro atoms. The maximum Gasteiger partial charge on any atom is 0.0158 e. The molecule has 1 saturated heterocycles. The molecule has 0 radical (unpaired) electrons. The third-order valence-electron chi connectivity index (χ3n) is 4.01. The van der Waals surface area contributed by atoms with Crippen molar-refractivity contribution in [3.63, 3.8) is 0 Å². The molecule has 106 valence electrons. The summed E-state index contributed by atoms with van der Waals surface area (Å²) < 4.78 is 0. The lowest BCUT2D eigenvalue weighted by atomic mass is 9.75. The zero-order valence-corrected chi connectivity index (χ0v) is 12.9. The second-order valence-electron chi connectivity index (χ2n) is 6.70. The van der Waals surface area contributed by atoms with Gasteiger partial charge in [0.2, 0.25) is 0 Å². The van der Waals surface area contributed by atoms with Crippen LogP contribution in [0.1, 0.15) is 81.6 Å². The monoisotopic (exact) mass is 243 g/mol. The highest BCUT2D eigenvalue weighted by Crippen LogP contribution is 2.39. The van der Waals surface area contributed by atoms with Gasteiger partial charge in [0, 0.05) is 11.1 Å². The summed E-state index contributed by atoms with van der Waals surface area (Å²) in [4.78, 5) is 2.53. The standard InChI is InChI=1S/C11H23N.C4H10.CH4/c1-9-7-10(2,3)12(6)11(4,5)8-9;1-3-4-2;/h9H,7-8H2,1-6H3;3-4H2,1-2H3;1H4. The first-order valence-corrected chi connectivity index (χ1v) is 6.91. The molecule has 0 aromatic carbocycles. The topological polar surface area (TPSA) is 3.24 Å². The van der Waals surface area contributed by atoms with Crippen molar-refractivity contribution in [2.24, 2.45) is 5.92 Å². The number of piperidine rings is 1. The molecule has 0 aromatic rings. The molecular weight excluding hydrogens is 206 g/mol. The molecule has 0 bridgehead atoms. The first-order chi connectivity index (χ1) is 7.17. The first kappa shape index (κ1) is 19.3. The summed E-state index contributed by atoms with van der Waals surface area (Å²) in [5.74, 6) is 0.867. The zero-order chi connectivity index (χ0) is 13.0. The number of hydrogen-bond acceptors (Lipinski definition) is 1. The SMILES string of the molecule is C.CC1CC(C)(C)N(C)C(C)(C)C1.CCCC. The largest absolute Gasteiger partial charge is 0.296 e. The first-order valence-electron chi connectivity index (χ1n) is 6.91. The van der Waals surface area contributed by atoms with Gasteiger partial charge in [-0.1, -0.05) is 41.0 Å². The van der Waals surface area contributed by atoms with E-state index < -0.39 is 0 Å². The molecule has 0 atom stereocenters. The summed E-state index contributed by atoms with van der Waals surface area (Å²) in [6.45, 7) is 16.1. The highest BCUT2D eigenvalue weighted by atomic mass is 15.2. The van der Waals surface area contributed by atoms with Crippen molar-refractivity contribution in [2.45, 2.75) is 92.7 Å². The molecule has 17 heavy (non-hydrogen) atoms. The van der Waals surface area contributed by atoms with Crippen LogP contribution in [0.3, 0.4) is 0 Å². The van der Waals surface area contributed by atoms with Gasteiger partial charge in [-0.15, -0.1) is 0 Å². The molecule has 1 heterocycles. The van der Waals surface area contributed by atoms with E-state index in [2.05, 4.69) is 60.4 Å². The van der Waals surface area contributed by atoms with Crippen LogP contribution in [-0.4, -0.2) is 23.0 Å². The van der Waals surface area contributed by atoms with E-state index in [0.29, 0.717) is 11.1 Å². The Bertz CT molecular complexity index is 174. The van der Waals surface area contributed by atoms with Crippen molar-refractivity contribution in [3.05, 3.63) is 0 Å². The van der Waals surface area contributed by atoms with Crippen molar-refractivity contribution in [2.75, 3.05) is 7.05 Å². The molecule has 0 aliphatic carbocycles. The van der Waals surface area contributed by atoms with Crippen molar-refractivity contribution in [1.29, 1.82) is 0 Å². The Kier molecular flexibility index (Phi) is 8.41. The summed E-state index contributed by atoms with van der Waals surface area (Å²) >= 11 is 0. The molecule has 0 saturated carbocycles. The Hall–Kier alpha value is -0.0400. The van der Waals surface area contributed by atoms with E-state index in [1.807, 2.05) is 0 Å². The van der Waals surface area contributed by atoms with Crippen LogP contribution in [0.15, 0.2) is 0 Å². The van der Waals surface area contributed by atoms with Crippen LogP contribution < -0.4 is 0 Å². The van der Waals surface area contributed by atoms with Crippen molar-refractivity contribution in [3.8, 4) is 0 Å². The highest BCUT2D eigenvalue weighted by Gasteiger charge is 2.41.